The highest BCUT2D eigenvalue weighted by Gasteiger charge is 2.42. The van der Waals surface area contributed by atoms with E-state index in [9.17, 15) is 21.6 Å². The normalized spacial score (nSPS) is 22.8. The molecule has 1 saturated carbocycles. The molecule has 1 aliphatic carbocycles. The molecule has 11 heteroatoms. The van der Waals surface area contributed by atoms with Gasteiger partial charge in [-0.15, -0.1) is 10.2 Å². The molecule has 7 nitrogen and oxygen atoms in total. The lowest BCUT2D eigenvalue weighted by Crippen LogP contribution is -2.26. The van der Waals surface area contributed by atoms with Gasteiger partial charge < -0.3 is 5.32 Å². The third kappa shape index (κ3) is 5.01. The molecule has 1 N–H and O–H groups in total. The summed E-state index contributed by atoms with van der Waals surface area (Å²) in [6.45, 7) is 1.62. The molecule has 5 rings (SSSR count). The van der Waals surface area contributed by atoms with Gasteiger partial charge in [0, 0.05) is 31.9 Å². The molecule has 3 aromatic rings. The van der Waals surface area contributed by atoms with Crippen LogP contribution in [0.3, 0.4) is 0 Å². The van der Waals surface area contributed by atoms with E-state index in [4.69, 9.17) is 0 Å². The zero-order chi connectivity index (χ0) is 24.6. The summed E-state index contributed by atoms with van der Waals surface area (Å²) in [5, 5.41) is 11.2. The van der Waals surface area contributed by atoms with Gasteiger partial charge in [0.05, 0.1) is 16.2 Å². The number of nitrogens with zero attached hydrogens (tertiary/aromatic N) is 4. The first kappa shape index (κ1) is 23.7. The van der Waals surface area contributed by atoms with Crippen LogP contribution in [0.25, 0.3) is 0 Å². The maximum atomic E-state index is 13.3. The van der Waals surface area contributed by atoms with E-state index in [1.165, 1.54) is 30.5 Å². The molecule has 1 aromatic carbocycles. The van der Waals surface area contributed by atoms with E-state index in [0.29, 0.717) is 17.7 Å². The van der Waals surface area contributed by atoms with E-state index in [1.54, 1.807) is 24.3 Å². The van der Waals surface area contributed by atoms with E-state index < -0.39 is 21.6 Å². The summed E-state index contributed by atoms with van der Waals surface area (Å²) in [5.41, 5.74) is -0.608. The molecule has 2 fully saturated rings. The van der Waals surface area contributed by atoms with Crippen molar-refractivity contribution >= 4 is 15.7 Å². The van der Waals surface area contributed by atoms with Crippen molar-refractivity contribution in [3.63, 3.8) is 0 Å². The fraction of sp³-hybridized carbons (Fsp3) is 0.375. The molecule has 2 aromatic heterocycles. The average molecular weight is 504 g/mol. The van der Waals surface area contributed by atoms with Crippen LogP contribution >= 0.6 is 0 Å². The number of anilines is 1. The zero-order valence-corrected chi connectivity index (χ0v) is 19.5. The Hall–Kier alpha value is -3.05. The van der Waals surface area contributed by atoms with Gasteiger partial charge in [0.2, 0.25) is 9.84 Å². The van der Waals surface area contributed by atoms with Crippen molar-refractivity contribution in [2.75, 3.05) is 18.4 Å². The molecule has 0 spiro atoms. The van der Waals surface area contributed by atoms with Crippen LogP contribution in [-0.4, -0.2) is 47.6 Å². The minimum Gasteiger partial charge on any atom is -0.366 e. The predicted molar refractivity (Wildman–Crippen MR) is 122 cm³/mol. The van der Waals surface area contributed by atoms with Crippen LogP contribution in [0.2, 0.25) is 0 Å². The van der Waals surface area contributed by atoms with Gasteiger partial charge in [-0.25, -0.2) is 8.42 Å². The topological polar surface area (TPSA) is 88.1 Å². The van der Waals surface area contributed by atoms with Crippen LogP contribution in [0.1, 0.15) is 24.1 Å². The van der Waals surface area contributed by atoms with Gasteiger partial charge in [-0.05, 0) is 61.1 Å². The number of sulfone groups is 1. The molecule has 0 radical (unpaired) electrons. The fourth-order valence-electron chi connectivity index (χ4n) is 5.15. The van der Waals surface area contributed by atoms with Gasteiger partial charge in [0.25, 0.3) is 0 Å². The smallest absolute Gasteiger partial charge is 0.366 e. The van der Waals surface area contributed by atoms with Gasteiger partial charge in [0.1, 0.15) is 5.82 Å². The Kier molecular flexibility index (Phi) is 6.22. The van der Waals surface area contributed by atoms with Crippen molar-refractivity contribution in [2.45, 2.75) is 41.5 Å². The van der Waals surface area contributed by atoms with Crippen LogP contribution in [-0.2, 0) is 22.6 Å². The summed E-state index contributed by atoms with van der Waals surface area (Å²) in [5.74, 6) is 1.25. The van der Waals surface area contributed by atoms with Crippen LogP contribution < -0.4 is 5.32 Å². The SMILES string of the molecule is O=S(=O)(c1ccccc1)c1ccc(N[C@@H]2C[C@@H]3CN(Cc4ncccc4C(F)(F)F)C[C@@H]3C2)nn1. The lowest BCUT2D eigenvalue weighted by atomic mass is 10.0. The number of benzene rings is 1. The molecule has 3 atom stereocenters. The minimum absolute atomic E-state index is 0.0652. The number of likely N-dealkylation sites (tertiary alicyclic amines) is 1. The second kappa shape index (κ2) is 9.19. The molecule has 3 heterocycles. The van der Waals surface area contributed by atoms with Crippen molar-refractivity contribution in [3.05, 3.63) is 72.1 Å². The van der Waals surface area contributed by atoms with E-state index in [1.807, 2.05) is 4.90 Å². The van der Waals surface area contributed by atoms with Gasteiger partial charge in [-0.1, -0.05) is 18.2 Å². The van der Waals surface area contributed by atoms with Gasteiger partial charge in [-0.2, -0.15) is 13.2 Å². The van der Waals surface area contributed by atoms with Crippen molar-refractivity contribution in [2.24, 2.45) is 11.8 Å². The van der Waals surface area contributed by atoms with Gasteiger partial charge in [0.15, 0.2) is 5.03 Å². The van der Waals surface area contributed by atoms with Crippen molar-refractivity contribution in [1.29, 1.82) is 0 Å². The van der Waals surface area contributed by atoms with Crippen LogP contribution in [0.15, 0.2) is 70.7 Å². The zero-order valence-electron chi connectivity index (χ0n) is 18.7. The van der Waals surface area contributed by atoms with E-state index in [2.05, 4.69) is 20.5 Å². The maximum absolute atomic E-state index is 13.3. The maximum Gasteiger partial charge on any atom is 0.418 e. The number of nitrogens with one attached hydrogen (secondary N) is 1. The van der Waals surface area contributed by atoms with Crippen molar-refractivity contribution < 1.29 is 21.6 Å². The second-order valence-electron chi connectivity index (χ2n) is 9.10. The Labute approximate surface area is 201 Å². The first-order chi connectivity index (χ1) is 16.7. The molecular weight excluding hydrogens is 479 g/mol. The quantitative estimate of drug-likeness (QED) is 0.543. The third-order valence-electron chi connectivity index (χ3n) is 6.72. The van der Waals surface area contributed by atoms with Gasteiger partial charge in [-0.3, -0.25) is 9.88 Å². The molecule has 184 valence electrons. The number of hydrogen-bond acceptors (Lipinski definition) is 7. The highest BCUT2D eigenvalue weighted by molar-refractivity contribution is 7.91. The Morgan fingerprint density at radius 1 is 0.943 bits per heavy atom. The molecular formula is C24H24F3N5O2S. The first-order valence-electron chi connectivity index (χ1n) is 11.3. The molecule has 0 bridgehead atoms. The Morgan fingerprint density at radius 2 is 1.66 bits per heavy atom. The number of hydrogen-bond donors (Lipinski definition) is 1. The Morgan fingerprint density at radius 3 is 2.29 bits per heavy atom. The lowest BCUT2D eigenvalue weighted by Gasteiger charge is -2.21. The monoisotopic (exact) mass is 503 g/mol. The van der Waals surface area contributed by atoms with Crippen LogP contribution in [0.5, 0.6) is 0 Å². The number of pyridine rings is 1. The molecule has 1 saturated heterocycles. The summed E-state index contributed by atoms with van der Waals surface area (Å²) >= 11 is 0. The highest BCUT2D eigenvalue weighted by Crippen LogP contribution is 2.40. The number of aromatic nitrogens is 3. The fourth-order valence-corrected chi connectivity index (χ4v) is 6.30. The molecule has 35 heavy (non-hydrogen) atoms. The summed E-state index contributed by atoms with van der Waals surface area (Å²) in [7, 11) is -3.72. The third-order valence-corrected chi connectivity index (χ3v) is 8.38. The highest BCUT2D eigenvalue weighted by atomic mass is 32.2. The van der Waals surface area contributed by atoms with Crippen LogP contribution in [0.4, 0.5) is 19.0 Å². The van der Waals surface area contributed by atoms with Crippen molar-refractivity contribution in [3.8, 4) is 0 Å². The van der Waals surface area contributed by atoms with E-state index in [0.717, 1.165) is 32.0 Å². The predicted octanol–water partition coefficient (Wildman–Crippen LogP) is 4.05. The molecule has 2 aliphatic rings. The number of halogens is 3. The van der Waals surface area contributed by atoms with Crippen LogP contribution in [0, 0.1) is 11.8 Å². The number of fused-ring (bicyclic) bond motifs is 1. The van der Waals surface area contributed by atoms with Gasteiger partial charge >= 0.3 is 6.18 Å². The number of rotatable bonds is 6. The summed E-state index contributed by atoms with van der Waals surface area (Å²) in [4.78, 5) is 6.20. The molecule has 0 unspecified atom stereocenters. The largest absolute Gasteiger partial charge is 0.418 e. The molecule has 0 amide bonds. The van der Waals surface area contributed by atoms with E-state index in [-0.39, 0.29) is 28.2 Å². The summed E-state index contributed by atoms with van der Waals surface area (Å²) < 4.78 is 65.2. The standard InChI is InChI=1S/C24H24F3N5O2S/c25-24(26,27)20-7-4-10-28-21(20)15-32-13-16-11-18(12-17(16)14-32)29-22-8-9-23(31-30-22)35(33,34)19-5-2-1-3-6-19/h1-10,16-18H,11-15H2,(H,29,30)/t16-,17+,18-. The Bertz CT molecular complexity index is 1270. The summed E-state index contributed by atoms with van der Waals surface area (Å²) in [6.07, 6.45) is -1.29. The Balaban J connectivity index is 1.18. The molecule has 1 aliphatic heterocycles. The lowest BCUT2D eigenvalue weighted by molar-refractivity contribution is -0.138. The summed E-state index contributed by atoms with van der Waals surface area (Å²) in [6, 6.07) is 13.7. The number of alkyl halides is 3. The van der Waals surface area contributed by atoms with Crippen molar-refractivity contribution in [1.82, 2.24) is 20.1 Å². The average Bonchev–Trinajstić information content (AvgIpc) is 3.37. The van der Waals surface area contributed by atoms with E-state index >= 15 is 0 Å². The first-order valence-corrected chi connectivity index (χ1v) is 12.8. The minimum atomic E-state index is -4.41. The second-order valence-corrected chi connectivity index (χ2v) is 11.0.